The Labute approximate surface area is 99.5 Å². The number of aliphatic hydroxyl groups is 2. The summed E-state index contributed by atoms with van der Waals surface area (Å²) in [5.74, 6) is -1.89. The highest BCUT2D eigenvalue weighted by atomic mass is 35.5. The van der Waals surface area contributed by atoms with E-state index in [0.29, 0.717) is 5.82 Å². The summed E-state index contributed by atoms with van der Waals surface area (Å²) < 4.78 is 0. The lowest BCUT2D eigenvalue weighted by atomic mass is 10.5. The first-order valence-corrected chi connectivity index (χ1v) is 5.23. The maximum atomic E-state index is 8.74. The Kier molecular flexibility index (Phi) is 6.91. The number of halogens is 1. The molecule has 92 valence electrons. The van der Waals surface area contributed by atoms with Crippen LogP contribution in [0.25, 0.3) is 0 Å². The van der Waals surface area contributed by atoms with E-state index in [1.165, 1.54) is 18.7 Å². The standard InChI is InChI=1S/C6H9ClN4O2.C3H8/c7-5-9-2-1-4(11-5)10-3-6(8,12)13;1-3-2/h1-2,12-13H,3,8H2,(H,9,10,11);3H2,1-2H3. The fourth-order valence-electron chi connectivity index (χ4n) is 0.654. The third-order valence-electron chi connectivity index (χ3n) is 1.16. The molecule has 1 aromatic rings. The predicted molar refractivity (Wildman–Crippen MR) is 62.9 cm³/mol. The molecule has 7 heteroatoms. The molecule has 0 aliphatic rings. The Hall–Kier alpha value is -0.950. The van der Waals surface area contributed by atoms with Crippen LogP contribution in [0.1, 0.15) is 20.3 Å². The second-order valence-electron chi connectivity index (χ2n) is 3.15. The molecule has 0 atom stereocenters. The van der Waals surface area contributed by atoms with Gasteiger partial charge in [-0.05, 0) is 17.7 Å². The van der Waals surface area contributed by atoms with Crippen molar-refractivity contribution in [2.24, 2.45) is 5.73 Å². The number of nitrogens with zero attached hydrogens (tertiary/aromatic N) is 2. The highest BCUT2D eigenvalue weighted by Gasteiger charge is 2.14. The Morgan fingerprint density at radius 3 is 2.50 bits per heavy atom. The van der Waals surface area contributed by atoms with Crippen LogP contribution in [0.4, 0.5) is 5.82 Å². The number of nitrogens with one attached hydrogen (secondary N) is 1. The summed E-state index contributed by atoms with van der Waals surface area (Å²) in [5, 5.41) is 20.1. The van der Waals surface area contributed by atoms with E-state index in [-0.39, 0.29) is 11.8 Å². The fourth-order valence-corrected chi connectivity index (χ4v) is 0.801. The van der Waals surface area contributed by atoms with Crippen LogP contribution in [0.3, 0.4) is 0 Å². The van der Waals surface area contributed by atoms with Gasteiger partial charge in [-0.3, -0.25) is 5.73 Å². The smallest absolute Gasteiger partial charge is 0.238 e. The first-order valence-electron chi connectivity index (χ1n) is 4.85. The van der Waals surface area contributed by atoms with Crippen molar-refractivity contribution >= 4 is 17.4 Å². The van der Waals surface area contributed by atoms with Crippen LogP contribution in [0.2, 0.25) is 5.28 Å². The third kappa shape index (κ3) is 8.37. The molecule has 0 unspecified atom stereocenters. The molecular weight excluding hydrogens is 232 g/mol. The molecule has 0 fully saturated rings. The van der Waals surface area contributed by atoms with Crippen molar-refractivity contribution in [3.8, 4) is 0 Å². The zero-order valence-corrected chi connectivity index (χ0v) is 10.1. The van der Waals surface area contributed by atoms with E-state index in [1.54, 1.807) is 0 Å². The zero-order chi connectivity index (χ0) is 12.6. The van der Waals surface area contributed by atoms with Crippen molar-refractivity contribution in [1.82, 2.24) is 9.97 Å². The number of hydrogen-bond acceptors (Lipinski definition) is 6. The molecule has 0 radical (unpaired) electrons. The predicted octanol–water partition coefficient (Wildman–Crippen LogP) is 0.555. The maximum Gasteiger partial charge on any atom is 0.238 e. The molecule has 0 spiro atoms. The first-order chi connectivity index (χ1) is 7.39. The molecule has 16 heavy (non-hydrogen) atoms. The Bertz CT molecular complexity index is 304. The van der Waals surface area contributed by atoms with Gasteiger partial charge >= 0.3 is 0 Å². The topological polar surface area (TPSA) is 104 Å². The van der Waals surface area contributed by atoms with Crippen LogP contribution in [0.5, 0.6) is 0 Å². The van der Waals surface area contributed by atoms with Gasteiger partial charge in [-0.25, -0.2) is 9.97 Å². The minimum Gasteiger partial charge on any atom is -0.363 e. The van der Waals surface area contributed by atoms with E-state index in [1.807, 2.05) is 0 Å². The maximum absolute atomic E-state index is 8.74. The molecule has 0 saturated carbocycles. The number of anilines is 1. The highest BCUT2D eigenvalue weighted by Crippen LogP contribution is 2.05. The van der Waals surface area contributed by atoms with Crippen LogP contribution >= 0.6 is 11.6 Å². The Balaban J connectivity index is 0.000000673. The molecule has 0 aliphatic carbocycles. The van der Waals surface area contributed by atoms with Gasteiger partial charge in [0.15, 0.2) is 0 Å². The molecule has 0 saturated heterocycles. The van der Waals surface area contributed by atoms with Crippen molar-refractivity contribution in [3.63, 3.8) is 0 Å². The summed E-state index contributed by atoms with van der Waals surface area (Å²) >= 11 is 5.48. The van der Waals surface area contributed by atoms with E-state index in [2.05, 4.69) is 29.1 Å². The van der Waals surface area contributed by atoms with E-state index >= 15 is 0 Å². The summed E-state index contributed by atoms with van der Waals surface area (Å²) in [6, 6.07) is 1.53. The zero-order valence-electron chi connectivity index (χ0n) is 9.31. The lowest BCUT2D eigenvalue weighted by molar-refractivity contribution is -0.142. The van der Waals surface area contributed by atoms with E-state index in [0.717, 1.165) is 0 Å². The van der Waals surface area contributed by atoms with Crippen LogP contribution in [-0.2, 0) is 0 Å². The second-order valence-corrected chi connectivity index (χ2v) is 3.49. The molecule has 0 aliphatic heterocycles. The number of aromatic nitrogens is 2. The van der Waals surface area contributed by atoms with Crippen molar-refractivity contribution < 1.29 is 10.2 Å². The van der Waals surface area contributed by atoms with Gasteiger partial charge in [-0.2, -0.15) is 0 Å². The van der Waals surface area contributed by atoms with Crippen LogP contribution < -0.4 is 11.1 Å². The van der Waals surface area contributed by atoms with E-state index < -0.39 is 5.91 Å². The molecule has 1 heterocycles. The number of rotatable bonds is 3. The van der Waals surface area contributed by atoms with Crippen LogP contribution in [0, 0.1) is 0 Å². The molecule has 0 bridgehead atoms. The van der Waals surface area contributed by atoms with Crippen LogP contribution in [0.15, 0.2) is 12.3 Å². The van der Waals surface area contributed by atoms with Crippen molar-refractivity contribution in [2.45, 2.75) is 26.2 Å². The van der Waals surface area contributed by atoms with Gasteiger partial charge in [0.25, 0.3) is 0 Å². The van der Waals surface area contributed by atoms with Crippen molar-refractivity contribution in [3.05, 3.63) is 17.5 Å². The van der Waals surface area contributed by atoms with Gasteiger partial charge in [-0.1, -0.05) is 20.3 Å². The van der Waals surface area contributed by atoms with E-state index in [9.17, 15) is 0 Å². The molecule has 5 N–H and O–H groups in total. The summed E-state index contributed by atoms with van der Waals surface area (Å²) in [4.78, 5) is 7.38. The summed E-state index contributed by atoms with van der Waals surface area (Å²) in [5.41, 5.74) is 4.89. The minimum atomic E-state index is -2.27. The normalized spacial score (nSPS) is 10.4. The molecule has 0 aromatic carbocycles. The molecule has 1 rings (SSSR count). The molecule has 0 amide bonds. The van der Waals surface area contributed by atoms with Gasteiger partial charge in [0.1, 0.15) is 5.82 Å². The van der Waals surface area contributed by atoms with Gasteiger partial charge in [0.2, 0.25) is 11.2 Å². The van der Waals surface area contributed by atoms with Gasteiger partial charge in [0, 0.05) is 6.20 Å². The van der Waals surface area contributed by atoms with Gasteiger partial charge in [-0.15, -0.1) is 0 Å². The summed E-state index contributed by atoms with van der Waals surface area (Å²) in [6.07, 6.45) is 2.69. The first kappa shape index (κ1) is 15.0. The summed E-state index contributed by atoms with van der Waals surface area (Å²) in [6.45, 7) is 4.00. The molecule has 1 aromatic heterocycles. The van der Waals surface area contributed by atoms with E-state index in [4.69, 9.17) is 27.5 Å². The molecular formula is C9H17ClN4O2. The summed E-state index contributed by atoms with van der Waals surface area (Å²) in [7, 11) is 0. The fraction of sp³-hybridized carbons (Fsp3) is 0.556. The van der Waals surface area contributed by atoms with Gasteiger partial charge < -0.3 is 15.5 Å². The quantitative estimate of drug-likeness (QED) is 0.460. The number of hydrogen-bond donors (Lipinski definition) is 4. The third-order valence-corrected chi connectivity index (χ3v) is 1.34. The SMILES string of the molecule is CCC.NC(O)(O)CNc1ccnc(Cl)n1. The van der Waals surface area contributed by atoms with Crippen molar-refractivity contribution in [1.29, 1.82) is 0 Å². The minimum absolute atomic E-state index is 0.0727. The highest BCUT2D eigenvalue weighted by molar-refractivity contribution is 6.28. The Morgan fingerprint density at radius 1 is 1.50 bits per heavy atom. The van der Waals surface area contributed by atoms with Gasteiger partial charge in [0.05, 0.1) is 6.54 Å². The van der Waals surface area contributed by atoms with Crippen molar-refractivity contribution in [2.75, 3.05) is 11.9 Å². The average Bonchev–Trinajstić information content (AvgIpc) is 2.15. The monoisotopic (exact) mass is 248 g/mol. The average molecular weight is 249 g/mol. The lowest BCUT2D eigenvalue weighted by Crippen LogP contribution is -2.45. The molecule has 6 nitrogen and oxygen atoms in total. The van der Waals surface area contributed by atoms with Crippen LogP contribution in [-0.4, -0.2) is 32.6 Å². The lowest BCUT2D eigenvalue weighted by Gasteiger charge is -2.16. The largest absolute Gasteiger partial charge is 0.363 e. The Morgan fingerprint density at radius 2 is 2.06 bits per heavy atom. The number of nitrogens with two attached hydrogens (primary N) is 1. The second kappa shape index (κ2) is 7.34.